The first-order valence-corrected chi connectivity index (χ1v) is 5.56. The van der Waals surface area contributed by atoms with Gasteiger partial charge in [-0.25, -0.2) is 0 Å². The van der Waals surface area contributed by atoms with Crippen molar-refractivity contribution < 1.29 is 9.90 Å². The molecule has 0 aliphatic heterocycles. The van der Waals surface area contributed by atoms with E-state index in [4.69, 9.17) is 5.11 Å². The maximum atomic E-state index is 10.9. The van der Waals surface area contributed by atoms with Crippen LogP contribution in [-0.2, 0) is 4.79 Å². The van der Waals surface area contributed by atoms with Crippen molar-refractivity contribution in [3.8, 4) is 0 Å². The Morgan fingerprint density at radius 3 is 2.85 bits per heavy atom. The highest BCUT2D eigenvalue weighted by molar-refractivity contribution is 9.12. The molecule has 0 saturated heterocycles. The summed E-state index contributed by atoms with van der Waals surface area (Å²) in [6, 6.07) is 0. The molecule has 4 heteroatoms. The van der Waals surface area contributed by atoms with E-state index in [1.165, 1.54) is 0 Å². The Kier molecular flexibility index (Phi) is 3.35. The van der Waals surface area contributed by atoms with Crippen LogP contribution in [0.25, 0.3) is 0 Å². The molecule has 2 unspecified atom stereocenters. The number of halogens is 2. The Morgan fingerprint density at radius 1 is 1.77 bits per heavy atom. The minimum absolute atomic E-state index is 0.452. The van der Waals surface area contributed by atoms with Gasteiger partial charge in [0, 0.05) is 4.48 Å². The number of carboxylic acids is 1. The number of rotatable bonds is 2. The minimum atomic E-state index is -0.800. The van der Waals surface area contributed by atoms with Crippen molar-refractivity contribution >= 4 is 37.8 Å². The standard InChI is InChI=1S/C9H10Br2O2/c1-2-9(11)5-6(10)3-4-7(9)8(12)13/h3-5,7H,2H2,1H3,(H,12,13). The normalized spacial score (nSPS) is 32.8. The third kappa shape index (κ3) is 2.23. The lowest BCUT2D eigenvalue weighted by atomic mass is 9.86. The summed E-state index contributed by atoms with van der Waals surface area (Å²) in [5.41, 5.74) is 0. The number of carboxylic acid groups (broad SMARTS) is 1. The van der Waals surface area contributed by atoms with E-state index in [0.717, 1.165) is 10.9 Å². The fourth-order valence-electron chi connectivity index (χ4n) is 1.32. The molecule has 1 aliphatic carbocycles. The summed E-state index contributed by atoms with van der Waals surface area (Å²) in [5.74, 6) is -1.29. The Labute approximate surface area is 94.0 Å². The fraction of sp³-hybridized carbons (Fsp3) is 0.444. The lowest BCUT2D eigenvalue weighted by Crippen LogP contribution is -2.34. The SMILES string of the molecule is CCC1(Br)C=C(Br)C=CC1C(=O)O. The molecule has 0 amide bonds. The van der Waals surface area contributed by atoms with Gasteiger partial charge in [0.05, 0.1) is 10.2 Å². The van der Waals surface area contributed by atoms with Gasteiger partial charge in [-0.1, -0.05) is 57.0 Å². The lowest BCUT2D eigenvalue weighted by molar-refractivity contribution is -0.140. The molecule has 0 aromatic heterocycles. The molecule has 0 bridgehead atoms. The van der Waals surface area contributed by atoms with Crippen LogP contribution >= 0.6 is 31.9 Å². The van der Waals surface area contributed by atoms with Crippen molar-refractivity contribution in [3.05, 3.63) is 22.7 Å². The highest BCUT2D eigenvalue weighted by atomic mass is 79.9. The summed E-state index contributed by atoms with van der Waals surface area (Å²) in [6.07, 6.45) is 6.10. The maximum absolute atomic E-state index is 10.9. The van der Waals surface area contributed by atoms with Gasteiger partial charge >= 0.3 is 5.97 Å². The summed E-state index contributed by atoms with van der Waals surface area (Å²) in [6.45, 7) is 1.96. The Morgan fingerprint density at radius 2 is 2.38 bits per heavy atom. The molecule has 0 radical (unpaired) electrons. The molecule has 0 heterocycles. The van der Waals surface area contributed by atoms with Crippen LogP contribution in [0, 0.1) is 5.92 Å². The number of carbonyl (C=O) groups is 1. The Balaban J connectivity index is 3.01. The van der Waals surface area contributed by atoms with E-state index in [0.29, 0.717) is 0 Å². The van der Waals surface area contributed by atoms with Crippen LogP contribution < -0.4 is 0 Å². The number of hydrogen-bond acceptors (Lipinski definition) is 1. The summed E-state index contributed by atoms with van der Waals surface area (Å²) in [7, 11) is 0. The number of hydrogen-bond donors (Lipinski definition) is 1. The smallest absolute Gasteiger partial charge is 0.312 e. The van der Waals surface area contributed by atoms with E-state index in [9.17, 15) is 4.79 Å². The van der Waals surface area contributed by atoms with Crippen molar-refractivity contribution in [2.45, 2.75) is 17.7 Å². The topological polar surface area (TPSA) is 37.3 Å². The monoisotopic (exact) mass is 308 g/mol. The van der Waals surface area contributed by atoms with Crippen LogP contribution in [0.4, 0.5) is 0 Å². The highest BCUT2D eigenvalue weighted by Crippen LogP contribution is 2.39. The van der Waals surface area contributed by atoms with Crippen LogP contribution in [0.15, 0.2) is 22.7 Å². The second kappa shape index (κ2) is 3.96. The van der Waals surface area contributed by atoms with Crippen molar-refractivity contribution in [2.24, 2.45) is 5.92 Å². The summed E-state index contributed by atoms with van der Waals surface area (Å²) in [4.78, 5) is 10.9. The van der Waals surface area contributed by atoms with Crippen LogP contribution in [0.5, 0.6) is 0 Å². The van der Waals surface area contributed by atoms with Gasteiger partial charge in [-0.3, -0.25) is 4.79 Å². The molecule has 0 spiro atoms. The van der Waals surface area contributed by atoms with E-state index in [1.54, 1.807) is 12.2 Å². The third-order valence-electron chi connectivity index (χ3n) is 2.15. The van der Waals surface area contributed by atoms with E-state index in [-0.39, 0.29) is 0 Å². The van der Waals surface area contributed by atoms with E-state index in [1.807, 2.05) is 13.0 Å². The Bertz CT molecular complexity index is 283. The molecule has 1 aliphatic rings. The van der Waals surface area contributed by atoms with E-state index in [2.05, 4.69) is 31.9 Å². The van der Waals surface area contributed by atoms with Gasteiger partial charge in [-0.15, -0.1) is 0 Å². The van der Waals surface area contributed by atoms with Crippen LogP contribution in [-0.4, -0.2) is 15.4 Å². The second-order valence-electron chi connectivity index (χ2n) is 2.98. The predicted octanol–water partition coefficient (Wildman–Crippen LogP) is 3.08. The molecule has 0 aromatic rings. The summed E-state index contributed by atoms with van der Waals surface area (Å²) >= 11 is 6.80. The zero-order chi connectivity index (χ0) is 10.1. The number of alkyl halides is 1. The van der Waals surface area contributed by atoms with Crippen LogP contribution in [0.2, 0.25) is 0 Å². The molecular formula is C9H10Br2O2. The first-order valence-electron chi connectivity index (χ1n) is 3.98. The summed E-state index contributed by atoms with van der Waals surface area (Å²) in [5, 5.41) is 8.97. The van der Waals surface area contributed by atoms with Crippen LogP contribution in [0.3, 0.4) is 0 Å². The highest BCUT2D eigenvalue weighted by Gasteiger charge is 2.38. The Hall–Kier alpha value is -0.0900. The number of allylic oxidation sites excluding steroid dienone is 3. The molecule has 0 aromatic carbocycles. The molecule has 13 heavy (non-hydrogen) atoms. The van der Waals surface area contributed by atoms with Crippen molar-refractivity contribution in [1.29, 1.82) is 0 Å². The molecule has 2 atom stereocenters. The van der Waals surface area contributed by atoms with Crippen LogP contribution in [0.1, 0.15) is 13.3 Å². The van der Waals surface area contributed by atoms with Gasteiger partial charge in [0.2, 0.25) is 0 Å². The lowest BCUT2D eigenvalue weighted by Gasteiger charge is -2.30. The predicted molar refractivity (Wildman–Crippen MR) is 59.2 cm³/mol. The van der Waals surface area contributed by atoms with Gasteiger partial charge in [0.1, 0.15) is 0 Å². The maximum Gasteiger partial charge on any atom is 0.312 e. The second-order valence-corrected chi connectivity index (χ2v) is 5.38. The van der Waals surface area contributed by atoms with Crippen molar-refractivity contribution in [2.75, 3.05) is 0 Å². The van der Waals surface area contributed by atoms with Crippen molar-refractivity contribution in [1.82, 2.24) is 0 Å². The van der Waals surface area contributed by atoms with Gasteiger partial charge in [0.15, 0.2) is 0 Å². The fourth-order valence-corrected chi connectivity index (χ4v) is 2.79. The summed E-state index contributed by atoms with van der Waals surface area (Å²) < 4.78 is 0.468. The zero-order valence-electron chi connectivity index (χ0n) is 7.13. The minimum Gasteiger partial charge on any atom is -0.481 e. The van der Waals surface area contributed by atoms with Gasteiger partial charge in [-0.05, 0) is 6.42 Å². The first-order chi connectivity index (χ1) is 5.99. The quantitative estimate of drug-likeness (QED) is 0.796. The molecule has 1 rings (SSSR count). The van der Waals surface area contributed by atoms with Gasteiger partial charge < -0.3 is 5.11 Å². The first kappa shape index (κ1) is 11.0. The molecule has 0 saturated carbocycles. The molecule has 72 valence electrons. The van der Waals surface area contributed by atoms with Crippen molar-refractivity contribution in [3.63, 3.8) is 0 Å². The molecule has 2 nitrogen and oxygen atoms in total. The molecule has 1 N–H and O–H groups in total. The average molecular weight is 310 g/mol. The van der Waals surface area contributed by atoms with E-state index < -0.39 is 16.2 Å². The zero-order valence-corrected chi connectivity index (χ0v) is 10.3. The average Bonchev–Trinajstić information content (AvgIpc) is 2.03. The van der Waals surface area contributed by atoms with Gasteiger partial charge in [-0.2, -0.15) is 0 Å². The molecular weight excluding hydrogens is 300 g/mol. The molecule has 0 fully saturated rings. The van der Waals surface area contributed by atoms with Gasteiger partial charge in [0.25, 0.3) is 0 Å². The third-order valence-corrected chi connectivity index (χ3v) is 3.93. The number of aliphatic carboxylic acids is 1. The van der Waals surface area contributed by atoms with E-state index >= 15 is 0 Å². The largest absolute Gasteiger partial charge is 0.481 e.